The molecule has 0 aliphatic rings. The van der Waals surface area contributed by atoms with E-state index < -0.39 is 0 Å². The molecule has 1 amide bonds. The number of rotatable bonds is 8. The van der Waals surface area contributed by atoms with Crippen LogP contribution in [0.25, 0.3) is 0 Å². The topological polar surface area (TPSA) is 67.6 Å². The SMILES string of the molecule is CCN(CC)CCOc1ccc(NC(=O)c2cc(N)ccc2C)cc1.Cl.Cl. The number of carbonyl (C=O) groups is 1. The van der Waals surface area contributed by atoms with E-state index in [1.54, 1.807) is 12.1 Å². The molecular formula is C20H29Cl2N3O2. The molecule has 0 aromatic heterocycles. The number of anilines is 2. The van der Waals surface area contributed by atoms with Gasteiger partial charge in [0.1, 0.15) is 12.4 Å². The molecule has 3 N–H and O–H groups in total. The van der Waals surface area contributed by atoms with Crippen LogP contribution in [0.3, 0.4) is 0 Å². The number of amides is 1. The molecular weight excluding hydrogens is 385 g/mol. The standard InChI is InChI=1S/C20H27N3O2.2ClH/c1-4-23(5-2)12-13-25-18-10-8-17(9-11-18)22-20(24)19-14-16(21)7-6-15(19)3;;/h6-11,14H,4-5,12-13,21H2,1-3H3,(H,22,24);2*1H. The van der Waals surface area contributed by atoms with Crippen molar-refractivity contribution in [3.8, 4) is 5.75 Å². The molecule has 0 saturated carbocycles. The van der Waals surface area contributed by atoms with Crippen LogP contribution in [-0.4, -0.2) is 37.0 Å². The van der Waals surface area contributed by atoms with Crippen molar-refractivity contribution in [2.45, 2.75) is 20.8 Å². The van der Waals surface area contributed by atoms with Crippen LogP contribution in [0.2, 0.25) is 0 Å². The second kappa shape index (κ2) is 12.4. The second-order valence-electron chi connectivity index (χ2n) is 5.93. The summed E-state index contributed by atoms with van der Waals surface area (Å²) < 4.78 is 5.75. The molecule has 2 rings (SSSR count). The number of nitrogens with zero attached hydrogens (tertiary/aromatic N) is 1. The Morgan fingerprint density at radius 2 is 1.70 bits per heavy atom. The van der Waals surface area contributed by atoms with Crippen molar-refractivity contribution in [3.05, 3.63) is 53.6 Å². The van der Waals surface area contributed by atoms with Crippen LogP contribution >= 0.6 is 24.8 Å². The Morgan fingerprint density at radius 1 is 1.07 bits per heavy atom. The predicted octanol–water partition coefficient (Wildman–Crippen LogP) is 4.39. The van der Waals surface area contributed by atoms with Crippen molar-refractivity contribution in [1.82, 2.24) is 4.90 Å². The molecule has 0 heterocycles. The predicted molar refractivity (Wildman–Crippen MR) is 118 cm³/mol. The molecule has 0 radical (unpaired) electrons. The highest BCUT2D eigenvalue weighted by Gasteiger charge is 2.10. The number of aryl methyl sites for hydroxylation is 1. The van der Waals surface area contributed by atoms with Crippen molar-refractivity contribution in [1.29, 1.82) is 0 Å². The molecule has 0 aliphatic heterocycles. The minimum Gasteiger partial charge on any atom is -0.492 e. The summed E-state index contributed by atoms with van der Waals surface area (Å²) in [6, 6.07) is 12.7. The summed E-state index contributed by atoms with van der Waals surface area (Å²) >= 11 is 0. The van der Waals surface area contributed by atoms with E-state index in [2.05, 4.69) is 24.1 Å². The van der Waals surface area contributed by atoms with Gasteiger partial charge in [0.25, 0.3) is 5.91 Å². The first kappa shape index (κ1) is 25.1. The van der Waals surface area contributed by atoms with E-state index in [0.29, 0.717) is 17.9 Å². The zero-order valence-electron chi connectivity index (χ0n) is 16.0. The Hall–Kier alpha value is -1.95. The van der Waals surface area contributed by atoms with Gasteiger partial charge >= 0.3 is 0 Å². The molecule has 150 valence electrons. The van der Waals surface area contributed by atoms with Crippen molar-refractivity contribution in [3.63, 3.8) is 0 Å². The summed E-state index contributed by atoms with van der Waals surface area (Å²) in [4.78, 5) is 14.7. The van der Waals surface area contributed by atoms with E-state index in [1.807, 2.05) is 37.3 Å². The zero-order chi connectivity index (χ0) is 18.2. The highest BCUT2D eigenvalue weighted by atomic mass is 35.5. The maximum absolute atomic E-state index is 12.4. The number of benzene rings is 2. The van der Waals surface area contributed by atoms with Gasteiger partial charge in [-0.3, -0.25) is 4.79 Å². The van der Waals surface area contributed by atoms with Crippen LogP contribution in [0.15, 0.2) is 42.5 Å². The van der Waals surface area contributed by atoms with Crippen molar-refractivity contribution >= 4 is 42.1 Å². The second-order valence-corrected chi connectivity index (χ2v) is 5.93. The fraction of sp³-hybridized carbons (Fsp3) is 0.350. The molecule has 0 aliphatic carbocycles. The number of hydrogen-bond donors (Lipinski definition) is 2. The molecule has 0 unspecified atom stereocenters. The van der Waals surface area contributed by atoms with Gasteiger partial charge in [0.05, 0.1) is 0 Å². The fourth-order valence-corrected chi connectivity index (χ4v) is 2.55. The average Bonchev–Trinajstić information content (AvgIpc) is 2.62. The first-order valence-electron chi connectivity index (χ1n) is 8.66. The number of carbonyl (C=O) groups excluding carboxylic acids is 1. The Kier molecular flexibility index (Phi) is 11.5. The Bertz CT molecular complexity index is 705. The molecule has 27 heavy (non-hydrogen) atoms. The molecule has 2 aromatic carbocycles. The Labute approximate surface area is 174 Å². The van der Waals surface area contributed by atoms with Crippen molar-refractivity contribution < 1.29 is 9.53 Å². The summed E-state index contributed by atoms with van der Waals surface area (Å²) in [5.41, 5.74) is 8.54. The summed E-state index contributed by atoms with van der Waals surface area (Å²) in [5, 5.41) is 2.89. The van der Waals surface area contributed by atoms with Crippen LogP contribution in [0.4, 0.5) is 11.4 Å². The summed E-state index contributed by atoms with van der Waals surface area (Å²) in [5.74, 6) is 0.630. The first-order chi connectivity index (χ1) is 12.0. The van der Waals surface area contributed by atoms with E-state index >= 15 is 0 Å². The van der Waals surface area contributed by atoms with Gasteiger partial charge in [-0.25, -0.2) is 0 Å². The van der Waals surface area contributed by atoms with E-state index in [0.717, 1.165) is 36.6 Å². The van der Waals surface area contributed by atoms with Crippen LogP contribution in [-0.2, 0) is 0 Å². The third-order valence-electron chi connectivity index (χ3n) is 4.19. The quantitative estimate of drug-likeness (QED) is 0.629. The Morgan fingerprint density at radius 3 is 2.30 bits per heavy atom. The molecule has 0 bridgehead atoms. The van der Waals surface area contributed by atoms with Gasteiger partial charge in [-0.1, -0.05) is 19.9 Å². The molecule has 0 spiro atoms. The molecule has 5 nitrogen and oxygen atoms in total. The number of halogens is 2. The summed E-state index contributed by atoms with van der Waals surface area (Å²) in [6.45, 7) is 9.77. The maximum Gasteiger partial charge on any atom is 0.256 e. The minimum atomic E-state index is -0.167. The van der Waals surface area contributed by atoms with Gasteiger partial charge in [0, 0.05) is 23.5 Å². The van der Waals surface area contributed by atoms with Crippen LogP contribution in [0.1, 0.15) is 29.8 Å². The highest BCUT2D eigenvalue weighted by Crippen LogP contribution is 2.18. The number of hydrogen-bond acceptors (Lipinski definition) is 4. The summed E-state index contributed by atoms with van der Waals surface area (Å²) in [6.07, 6.45) is 0. The lowest BCUT2D eigenvalue weighted by atomic mass is 10.1. The maximum atomic E-state index is 12.4. The first-order valence-corrected chi connectivity index (χ1v) is 8.66. The lowest BCUT2D eigenvalue weighted by molar-refractivity contribution is 0.102. The fourth-order valence-electron chi connectivity index (χ4n) is 2.55. The van der Waals surface area contributed by atoms with Crippen molar-refractivity contribution in [2.75, 3.05) is 37.3 Å². The van der Waals surface area contributed by atoms with Gasteiger partial charge in [0.2, 0.25) is 0 Å². The van der Waals surface area contributed by atoms with Crippen LogP contribution in [0, 0.1) is 6.92 Å². The average molecular weight is 414 g/mol. The monoisotopic (exact) mass is 413 g/mol. The number of nitrogens with one attached hydrogen (secondary N) is 1. The molecule has 2 aromatic rings. The highest BCUT2D eigenvalue weighted by molar-refractivity contribution is 6.05. The number of likely N-dealkylation sites (N-methyl/N-ethyl adjacent to an activating group) is 1. The minimum absolute atomic E-state index is 0. The summed E-state index contributed by atoms with van der Waals surface area (Å²) in [7, 11) is 0. The zero-order valence-corrected chi connectivity index (χ0v) is 17.7. The third kappa shape index (κ3) is 7.67. The lowest BCUT2D eigenvalue weighted by Crippen LogP contribution is -2.27. The van der Waals surface area contributed by atoms with E-state index in [1.165, 1.54) is 0 Å². The van der Waals surface area contributed by atoms with E-state index in [4.69, 9.17) is 10.5 Å². The van der Waals surface area contributed by atoms with Gasteiger partial charge in [0.15, 0.2) is 0 Å². The molecule has 0 saturated heterocycles. The number of nitrogens with two attached hydrogens (primary N) is 1. The van der Waals surface area contributed by atoms with Gasteiger partial charge < -0.3 is 20.7 Å². The molecule has 0 atom stereocenters. The molecule has 7 heteroatoms. The van der Waals surface area contributed by atoms with Crippen molar-refractivity contribution in [2.24, 2.45) is 0 Å². The smallest absolute Gasteiger partial charge is 0.256 e. The number of ether oxygens (including phenoxy) is 1. The van der Waals surface area contributed by atoms with E-state index in [-0.39, 0.29) is 30.7 Å². The van der Waals surface area contributed by atoms with E-state index in [9.17, 15) is 4.79 Å². The third-order valence-corrected chi connectivity index (χ3v) is 4.19. The van der Waals surface area contributed by atoms with Gasteiger partial charge in [-0.2, -0.15) is 0 Å². The lowest BCUT2D eigenvalue weighted by Gasteiger charge is -2.18. The van der Waals surface area contributed by atoms with Crippen LogP contribution in [0.5, 0.6) is 5.75 Å². The molecule has 0 fully saturated rings. The number of nitrogen functional groups attached to an aromatic ring is 1. The van der Waals surface area contributed by atoms with Crippen LogP contribution < -0.4 is 15.8 Å². The largest absolute Gasteiger partial charge is 0.492 e. The Balaban J connectivity index is 0.00000338. The normalized spacial score (nSPS) is 9.93. The van der Waals surface area contributed by atoms with Gasteiger partial charge in [-0.05, 0) is 62.0 Å². The van der Waals surface area contributed by atoms with Gasteiger partial charge in [-0.15, -0.1) is 24.8 Å².